The van der Waals surface area contributed by atoms with Crippen LogP contribution in [0.5, 0.6) is 5.75 Å². The third-order valence-corrected chi connectivity index (χ3v) is 4.71. The van der Waals surface area contributed by atoms with Gasteiger partial charge in [-0.25, -0.2) is 4.98 Å². The molecule has 3 rings (SSSR count). The zero-order chi connectivity index (χ0) is 18.7. The fourth-order valence-electron chi connectivity index (χ4n) is 3.11. The first-order valence-corrected chi connectivity index (χ1v) is 9.22. The van der Waals surface area contributed by atoms with Gasteiger partial charge in [-0.05, 0) is 36.5 Å². The van der Waals surface area contributed by atoms with Crippen LogP contribution in [0.3, 0.4) is 0 Å². The minimum atomic E-state index is 0.108. The van der Waals surface area contributed by atoms with Gasteiger partial charge in [0, 0.05) is 5.56 Å². The van der Waals surface area contributed by atoms with Crippen molar-refractivity contribution >= 4 is 0 Å². The summed E-state index contributed by atoms with van der Waals surface area (Å²) in [4.78, 5) is 4.69. The minimum Gasteiger partial charge on any atom is -0.507 e. The van der Waals surface area contributed by atoms with E-state index in [1.54, 1.807) is 18.2 Å². The molecule has 0 atom stereocenters. The Bertz CT molecular complexity index is 880. The molecular formula is C22H26N2O2. The molecule has 0 saturated carbocycles. The van der Waals surface area contributed by atoms with Crippen molar-refractivity contribution < 1.29 is 10.3 Å². The Morgan fingerprint density at radius 2 is 1.73 bits per heavy atom. The third-order valence-electron chi connectivity index (χ3n) is 4.71. The van der Waals surface area contributed by atoms with Gasteiger partial charge in [-0.15, -0.1) is 0 Å². The van der Waals surface area contributed by atoms with E-state index in [-0.39, 0.29) is 5.75 Å². The molecule has 0 unspecified atom stereocenters. The van der Waals surface area contributed by atoms with E-state index in [4.69, 9.17) is 4.98 Å². The Morgan fingerprint density at radius 1 is 1.04 bits per heavy atom. The molecule has 2 N–H and O–H groups in total. The van der Waals surface area contributed by atoms with Crippen molar-refractivity contribution in [2.24, 2.45) is 0 Å². The van der Waals surface area contributed by atoms with Gasteiger partial charge in [0.1, 0.15) is 5.75 Å². The summed E-state index contributed by atoms with van der Waals surface area (Å²) in [6.45, 7) is 6.46. The predicted octanol–water partition coefficient (Wildman–Crippen LogP) is 5.63. The van der Waals surface area contributed by atoms with E-state index in [0.29, 0.717) is 17.3 Å². The summed E-state index contributed by atoms with van der Waals surface area (Å²) in [6, 6.07) is 15.3. The Kier molecular flexibility index (Phi) is 5.31. The van der Waals surface area contributed by atoms with E-state index in [1.807, 2.05) is 6.07 Å². The van der Waals surface area contributed by atoms with Crippen molar-refractivity contribution in [3.8, 4) is 28.4 Å². The summed E-state index contributed by atoms with van der Waals surface area (Å²) >= 11 is 0. The van der Waals surface area contributed by atoms with Gasteiger partial charge in [-0.3, -0.25) is 0 Å². The van der Waals surface area contributed by atoms with Crippen LogP contribution in [0.1, 0.15) is 50.8 Å². The van der Waals surface area contributed by atoms with E-state index in [2.05, 4.69) is 45.0 Å². The molecule has 4 heteroatoms. The van der Waals surface area contributed by atoms with Crippen molar-refractivity contribution in [2.75, 3.05) is 0 Å². The second-order valence-electron chi connectivity index (χ2n) is 6.94. The molecule has 26 heavy (non-hydrogen) atoms. The Morgan fingerprint density at radius 3 is 2.35 bits per heavy atom. The molecule has 4 nitrogen and oxygen atoms in total. The zero-order valence-electron chi connectivity index (χ0n) is 15.6. The first-order valence-electron chi connectivity index (χ1n) is 9.22. The third kappa shape index (κ3) is 3.45. The van der Waals surface area contributed by atoms with Crippen LogP contribution >= 0.6 is 0 Å². The number of hydrogen-bond acceptors (Lipinski definition) is 3. The lowest BCUT2D eigenvalue weighted by Gasteiger charge is -2.08. The zero-order valence-corrected chi connectivity index (χ0v) is 15.6. The molecule has 0 aliphatic rings. The quantitative estimate of drug-likeness (QED) is 0.567. The second-order valence-corrected chi connectivity index (χ2v) is 6.94. The number of phenolic OH excluding ortho intramolecular Hbond substituents is 1. The number of para-hydroxylation sites is 1. The molecule has 2 aromatic carbocycles. The molecule has 0 aliphatic carbocycles. The number of unbranched alkanes of at least 4 members (excludes halogenated alkanes) is 1. The van der Waals surface area contributed by atoms with E-state index in [9.17, 15) is 10.3 Å². The van der Waals surface area contributed by atoms with Crippen LogP contribution in [0.2, 0.25) is 0 Å². The maximum atomic E-state index is 10.8. The average molecular weight is 350 g/mol. The van der Waals surface area contributed by atoms with Crippen molar-refractivity contribution in [1.82, 2.24) is 9.71 Å². The maximum Gasteiger partial charge on any atom is 0.179 e. The molecule has 136 valence electrons. The maximum absolute atomic E-state index is 10.8. The first kappa shape index (κ1) is 18.1. The lowest BCUT2D eigenvalue weighted by Crippen LogP contribution is -2.01. The van der Waals surface area contributed by atoms with Gasteiger partial charge < -0.3 is 10.3 Å². The molecule has 3 aromatic rings. The predicted molar refractivity (Wildman–Crippen MR) is 105 cm³/mol. The number of phenols is 1. The normalized spacial score (nSPS) is 11.2. The van der Waals surface area contributed by atoms with Gasteiger partial charge in [0.25, 0.3) is 0 Å². The lowest BCUT2D eigenvalue weighted by atomic mass is 10.00. The van der Waals surface area contributed by atoms with Gasteiger partial charge in [0.2, 0.25) is 0 Å². The molecular weight excluding hydrogens is 324 g/mol. The minimum absolute atomic E-state index is 0.108. The second kappa shape index (κ2) is 7.65. The van der Waals surface area contributed by atoms with E-state index in [1.165, 1.54) is 5.56 Å². The molecule has 0 radical (unpaired) electrons. The fourth-order valence-corrected chi connectivity index (χ4v) is 3.11. The molecule has 0 spiro atoms. The highest BCUT2D eigenvalue weighted by Crippen LogP contribution is 2.33. The summed E-state index contributed by atoms with van der Waals surface area (Å²) < 4.78 is 1.14. The molecule has 1 aromatic heterocycles. The molecule has 0 bridgehead atoms. The summed E-state index contributed by atoms with van der Waals surface area (Å²) in [7, 11) is 0. The Balaban J connectivity index is 2.11. The van der Waals surface area contributed by atoms with Crippen LogP contribution < -0.4 is 0 Å². The topological polar surface area (TPSA) is 58.3 Å². The van der Waals surface area contributed by atoms with Crippen molar-refractivity contribution in [3.63, 3.8) is 0 Å². The molecule has 0 fully saturated rings. The first-order chi connectivity index (χ1) is 12.5. The van der Waals surface area contributed by atoms with Gasteiger partial charge in [-0.2, -0.15) is 4.73 Å². The number of rotatable bonds is 6. The lowest BCUT2D eigenvalue weighted by molar-refractivity contribution is 0.181. The number of aromatic hydroxyl groups is 1. The molecule has 0 amide bonds. The number of hydrogen-bond donors (Lipinski definition) is 2. The molecule has 0 aliphatic heterocycles. The van der Waals surface area contributed by atoms with E-state index >= 15 is 0 Å². The van der Waals surface area contributed by atoms with Crippen LogP contribution in [-0.2, 0) is 6.42 Å². The average Bonchev–Trinajstić information content (AvgIpc) is 2.97. The largest absolute Gasteiger partial charge is 0.507 e. The fraction of sp³-hybridized carbons (Fsp3) is 0.318. The number of nitrogens with zero attached hydrogens (tertiary/aromatic N) is 2. The van der Waals surface area contributed by atoms with Gasteiger partial charge >= 0.3 is 0 Å². The van der Waals surface area contributed by atoms with Crippen LogP contribution in [0.25, 0.3) is 22.6 Å². The molecule has 1 heterocycles. The SMILES string of the molecule is CCCCc1c(-c2ccc(C(C)C)cc2)nc(-c2ccccc2O)n1O. The summed E-state index contributed by atoms with van der Waals surface area (Å²) in [5, 5.41) is 20.9. The number of imidazole rings is 1. The summed E-state index contributed by atoms with van der Waals surface area (Å²) in [5.74, 6) is 0.949. The van der Waals surface area contributed by atoms with Crippen molar-refractivity contribution in [1.29, 1.82) is 0 Å². The van der Waals surface area contributed by atoms with Crippen LogP contribution in [-0.4, -0.2) is 20.0 Å². The van der Waals surface area contributed by atoms with Crippen molar-refractivity contribution in [2.45, 2.75) is 46.0 Å². The highest BCUT2D eigenvalue weighted by atomic mass is 16.5. The van der Waals surface area contributed by atoms with Gasteiger partial charge in [0.15, 0.2) is 5.82 Å². The van der Waals surface area contributed by atoms with Gasteiger partial charge in [0.05, 0.1) is 17.0 Å². The van der Waals surface area contributed by atoms with Crippen LogP contribution in [0.15, 0.2) is 48.5 Å². The summed E-state index contributed by atoms with van der Waals surface area (Å²) in [6.07, 6.45) is 2.72. The van der Waals surface area contributed by atoms with E-state index < -0.39 is 0 Å². The van der Waals surface area contributed by atoms with Gasteiger partial charge in [-0.1, -0.05) is 63.6 Å². The Labute approximate surface area is 154 Å². The van der Waals surface area contributed by atoms with Crippen LogP contribution in [0, 0.1) is 0 Å². The van der Waals surface area contributed by atoms with Crippen molar-refractivity contribution in [3.05, 3.63) is 59.8 Å². The Hall–Kier alpha value is -2.75. The smallest absolute Gasteiger partial charge is 0.179 e. The monoisotopic (exact) mass is 350 g/mol. The highest BCUT2D eigenvalue weighted by Gasteiger charge is 2.20. The number of aromatic nitrogens is 2. The standard InChI is InChI=1S/C22H26N2O2/c1-4-5-9-19-21(17-13-11-16(12-14-17)15(2)3)23-22(24(19)26)18-8-6-7-10-20(18)25/h6-8,10-15,25-26H,4-5,9H2,1-3H3. The molecule has 0 saturated heterocycles. The number of benzene rings is 2. The highest BCUT2D eigenvalue weighted by molar-refractivity contribution is 5.71. The van der Waals surface area contributed by atoms with Crippen LogP contribution in [0.4, 0.5) is 0 Å². The van der Waals surface area contributed by atoms with E-state index in [0.717, 1.165) is 40.9 Å². The summed E-state index contributed by atoms with van der Waals surface area (Å²) in [5.41, 5.74) is 4.33.